The van der Waals surface area contributed by atoms with Crippen LogP contribution in [0.1, 0.15) is 41.9 Å². The summed E-state index contributed by atoms with van der Waals surface area (Å²) >= 11 is 0. The molecule has 2 aromatic carbocycles. The van der Waals surface area contributed by atoms with Gasteiger partial charge in [-0.25, -0.2) is 4.98 Å². The summed E-state index contributed by atoms with van der Waals surface area (Å²) in [6.07, 6.45) is 6.33. The van der Waals surface area contributed by atoms with Crippen LogP contribution in [0.3, 0.4) is 0 Å². The van der Waals surface area contributed by atoms with Crippen LogP contribution in [0.25, 0.3) is 6.08 Å². The van der Waals surface area contributed by atoms with E-state index >= 15 is 0 Å². The third kappa shape index (κ3) is 4.92. The van der Waals surface area contributed by atoms with Crippen LogP contribution in [-0.2, 0) is 11.3 Å². The van der Waals surface area contributed by atoms with Crippen molar-refractivity contribution in [2.24, 2.45) is 0 Å². The predicted molar refractivity (Wildman–Crippen MR) is 117 cm³/mol. The standard InChI is InChI=1S/C25H23N3O2/c1-2-9-23(29)24(30)16-25-27-18-21(17-26)28(25)15-14-22(19-10-5-3-6-11-19)20-12-7-4-8-13-20/h2-13,16,18,22,30H,14-15H2,1H3/b9-2-,24-16-. The van der Waals surface area contributed by atoms with Gasteiger partial charge in [0.15, 0.2) is 5.76 Å². The fraction of sp³-hybridized carbons (Fsp3) is 0.160. The molecule has 5 heteroatoms. The van der Waals surface area contributed by atoms with E-state index in [1.54, 1.807) is 17.6 Å². The van der Waals surface area contributed by atoms with Crippen molar-refractivity contribution >= 4 is 11.9 Å². The number of carbonyl (C=O) groups is 1. The zero-order valence-electron chi connectivity index (χ0n) is 16.8. The Labute approximate surface area is 176 Å². The highest BCUT2D eigenvalue weighted by molar-refractivity contribution is 6.04. The van der Waals surface area contributed by atoms with Gasteiger partial charge in [0.1, 0.15) is 17.6 Å². The van der Waals surface area contributed by atoms with Crippen LogP contribution in [-0.4, -0.2) is 20.4 Å². The highest BCUT2D eigenvalue weighted by atomic mass is 16.3. The van der Waals surface area contributed by atoms with E-state index in [0.717, 1.165) is 6.42 Å². The first kappa shape index (κ1) is 20.8. The number of aliphatic hydroxyl groups excluding tert-OH is 1. The molecule has 0 spiro atoms. The van der Waals surface area contributed by atoms with Crippen LogP contribution in [0, 0.1) is 11.3 Å². The number of aliphatic hydroxyl groups is 1. The lowest BCUT2D eigenvalue weighted by Crippen LogP contribution is -2.10. The van der Waals surface area contributed by atoms with Crippen molar-refractivity contribution in [3.05, 3.63) is 107 Å². The smallest absolute Gasteiger partial charge is 0.219 e. The third-order valence-corrected chi connectivity index (χ3v) is 4.88. The fourth-order valence-corrected chi connectivity index (χ4v) is 3.41. The Morgan fingerprint density at radius 2 is 1.73 bits per heavy atom. The van der Waals surface area contributed by atoms with Gasteiger partial charge >= 0.3 is 0 Å². The zero-order chi connectivity index (χ0) is 21.3. The van der Waals surface area contributed by atoms with Crippen molar-refractivity contribution in [3.8, 4) is 6.07 Å². The molecule has 1 N–H and O–H groups in total. The number of allylic oxidation sites excluding steroid dienone is 2. The van der Waals surface area contributed by atoms with Gasteiger partial charge in [-0.2, -0.15) is 5.26 Å². The number of imidazole rings is 1. The second kappa shape index (κ2) is 10.0. The number of rotatable bonds is 8. The molecule has 5 nitrogen and oxygen atoms in total. The third-order valence-electron chi connectivity index (χ3n) is 4.88. The summed E-state index contributed by atoms with van der Waals surface area (Å²) in [5.74, 6) is -0.401. The molecule has 3 aromatic rings. The molecule has 0 aliphatic carbocycles. The summed E-state index contributed by atoms with van der Waals surface area (Å²) in [6.45, 7) is 2.21. The number of nitriles is 1. The Balaban J connectivity index is 1.91. The lowest BCUT2D eigenvalue weighted by atomic mass is 9.88. The summed E-state index contributed by atoms with van der Waals surface area (Å²) in [7, 11) is 0. The van der Waals surface area contributed by atoms with Crippen molar-refractivity contribution in [2.45, 2.75) is 25.8 Å². The number of hydrogen-bond donors (Lipinski definition) is 1. The quantitative estimate of drug-likeness (QED) is 0.427. The normalized spacial score (nSPS) is 11.7. The van der Waals surface area contributed by atoms with E-state index in [2.05, 4.69) is 35.3 Å². The molecule has 0 radical (unpaired) electrons. The summed E-state index contributed by atoms with van der Waals surface area (Å²) in [6, 6.07) is 22.6. The second-order valence-electron chi connectivity index (χ2n) is 6.82. The van der Waals surface area contributed by atoms with Crippen LogP contribution in [0.4, 0.5) is 0 Å². The maximum Gasteiger partial charge on any atom is 0.219 e. The molecule has 0 aliphatic rings. The molecule has 150 valence electrons. The Bertz CT molecular complexity index is 1050. The molecular weight excluding hydrogens is 374 g/mol. The average molecular weight is 397 g/mol. The Morgan fingerprint density at radius 1 is 1.13 bits per heavy atom. The van der Waals surface area contributed by atoms with Gasteiger partial charge in [0.2, 0.25) is 5.78 Å². The fourth-order valence-electron chi connectivity index (χ4n) is 3.41. The van der Waals surface area contributed by atoms with Crippen molar-refractivity contribution in [2.75, 3.05) is 0 Å². The molecular formula is C25H23N3O2. The number of aromatic nitrogens is 2. The van der Waals surface area contributed by atoms with Crippen molar-refractivity contribution in [3.63, 3.8) is 0 Å². The average Bonchev–Trinajstić information content (AvgIpc) is 3.17. The number of ketones is 1. The molecule has 0 atom stereocenters. The van der Waals surface area contributed by atoms with Gasteiger partial charge < -0.3 is 9.67 Å². The largest absolute Gasteiger partial charge is 0.504 e. The Kier molecular flexibility index (Phi) is 6.96. The molecule has 0 saturated carbocycles. The van der Waals surface area contributed by atoms with Gasteiger partial charge in [0.05, 0.1) is 6.20 Å². The first-order valence-electron chi connectivity index (χ1n) is 9.77. The van der Waals surface area contributed by atoms with E-state index < -0.39 is 11.5 Å². The van der Waals surface area contributed by atoms with Crippen LogP contribution in [0.2, 0.25) is 0 Å². The minimum Gasteiger partial charge on any atom is -0.504 e. The Morgan fingerprint density at radius 3 is 2.27 bits per heavy atom. The lowest BCUT2D eigenvalue weighted by Gasteiger charge is -2.19. The van der Waals surface area contributed by atoms with Crippen LogP contribution in [0.15, 0.2) is 84.8 Å². The van der Waals surface area contributed by atoms with E-state index in [1.807, 2.05) is 36.4 Å². The van der Waals surface area contributed by atoms with E-state index in [1.165, 1.54) is 29.5 Å². The zero-order valence-corrected chi connectivity index (χ0v) is 16.8. The summed E-state index contributed by atoms with van der Waals surface area (Å²) in [4.78, 5) is 16.1. The van der Waals surface area contributed by atoms with Crippen LogP contribution in [0.5, 0.6) is 0 Å². The van der Waals surface area contributed by atoms with E-state index in [-0.39, 0.29) is 5.92 Å². The van der Waals surface area contributed by atoms with Gasteiger partial charge in [-0.3, -0.25) is 4.79 Å². The minimum absolute atomic E-state index is 0.136. The second-order valence-corrected chi connectivity index (χ2v) is 6.82. The van der Waals surface area contributed by atoms with Crippen LogP contribution >= 0.6 is 0 Å². The minimum atomic E-state index is -0.503. The van der Waals surface area contributed by atoms with Crippen molar-refractivity contribution < 1.29 is 9.90 Å². The lowest BCUT2D eigenvalue weighted by molar-refractivity contribution is -0.113. The number of benzene rings is 2. The first-order valence-corrected chi connectivity index (χ1v) is 9.77. The van der Waals surface area contributed by atoms with Crippen LogP contribution < -0.4 is 0 Å². The van der Waals surface area contributed by atoms with Crippen molar-refractivity contribution in [1.29, 1.82) is 5.26 Å². The van der Waals surface area contributed by atoms with Gasteiger partial charge in [-0.15, -0.1) is 0 Å². The molecule has 0 aliphatic heterocycles. The van der Waals surface area contributed by atoms with Gasteiger partial charge in [-0.05, 0) is 30.5 Å². The molecule has 0 fully saturated rings. The maximum atomic E-state index is 11.9. The molecule has 0 amide bonds. The Hall–Kier alpha value is -3.91. The predicted octanol–water partition coefficient (Wildman–Crippen LogP) is 5.02. The molecule has 1 heterocycles. The molecule has 0 unspecified atom stereocenters. The van der Waals surface area contributed by atoms with Gasteiger partial charge in [0, 0.05) is 18.5 Å². The van der Waals surface area contributed by atoms with E-state index in [9.17, 15) is 15.2 Å². The molecule has 0 bridgehead atoms. The SMILES string of the molecule is C/C=C\C(=O)/C(O)=C/c1ncc(C#N)n1CCC(c1ccccc1)c1ccccc1. The maximum absolute atomic E-state index is 11.9. The van der Waals surface area contributed by atoms with E-state index in [4.69, 9.17) is 0 Å². The highest BCUT2D eigenvalue weighted by Crippen LogP contribution is 2.29. The molecule has 0 saturated heterocycles. The molecule has 1 aromatic heterocycles. The molecule has 3 rings (SSSR count). The highest BCUT2D eigenvalue weighted by Gasteiger charge is 2.17. The summed E-state index contributed by atoms with van der Waals surface area (Å²) in [5.41, 5.74) is 2.75. The number of nitrogens with zero attached hydrogens (tertiary/aromatic N) is 3. The van der Waals surface area contributed by atoms with E-state index in [0.29, 0.717) is 18.1 Å². The molecule has 30 heavy (non-hydrogen) atoms. The summed E-state index contributed by atoms with van der Waals surface area (Å²) < 4.78 is 1.73. The van der Waals surface area contributed by atoms with Gasteiger partial charge in [-0.1, -0.05) is 66.7 Å². The van der Waals surface area contributed by atoms with Gasteiger partial charge in [0.25, 0.3) is 0 Å². The topological polar surface area (TPSA) is 78.9 Å². The van der Waals surface area contributed by atoms with Crippen molar-refractivity contribution in [1.82, 2.24) is 9.55 Å². The number of carbonyl (C=O) groups excluding carboxylic acids is 1. The monoisotopic (exact) mass is 397 g/mol. The summed E-state index contributed by atoms with van der Waals surface area (Å²) in [5, 5.41) is 19.6. The number of hydrogen-bond acceptors (Lipinski definition) is 4. The first-order chi connectivity index (χ1) is 14.6.